The van der Waals surface area contributed by atoms with Crippen LogP contribution in [0, 0.1) is 0 Å². The van der Waals surface area contributed by atoms with Gasteiger partial charge in [-0.15, -0.1) is 0 Å². The van der Waals surface area contributed by atoms with Crippen LogP contribution in [0.4, 0.5) is 22.0 Å². The average Bonchev–Trinajstić information content (AvgIpc) is 3.43. The van der Waals surface area contributed by atoms with E-state index >= 15 is 0 Å². The van der Waals surface area contributed by atoms with E-state index in [1.54, 1.807) is 10.8 Å². The highest BCUT2D eigenvalue weighted by Gasteiger charge is 2.48. The molecule has 1 fully saturated rings. The molecule has 0 bridgehead atoms. The summed E-state index contributed by atoms with van der Waals surface area (Å²) in [5, 5.41) is 0. The van der Waals surface area contributed by atoms with Crippen molar-refractivity contribution in [2.24, 2.45) is 0 Å². The van der Waals surface area contributed by atoms with E-state index in [4.69, 9.17) is 14.2 Å². The van der Waals surface area contributed by atoms with Crippen LogP contribution in [-0.2, 0) is 33.9 Å². The molecule has 0 N–H and O–H groups in total. The van der Waals surface area contributed by atoms with Crippen LogP contribution in [0.5, 0.6) is 11.5 Å². The van der Waals surface area contributed by atoms with Crippen LogP contribution >= 0.6 is 0 Å². The van der Waals surface area contributed by atoms with E-state index in [1.807, 2.05) is 6.92 Å². The normalized spacial score (nSPS) is 21.1. The highest BCUT2D eigenvalue weighted by atomic mass is 19.4. The SMILES string of the molecule is CCC1COC(Cn2ccnc2)(c2ccc(Oc3ccc(C(C)(F)F)cc3)cc2C(F)(F)F)O1. The fraction of sp³-hybridized carbons (Fsp3) is 0.375. The number of aromatic nitrogens is 2. The molecule has 0 saturated carbocycles. The molecule has 1 aliphatic rings. The Bertz CT molecular complexity index is 1110. The minimum absolute atomic E-state index is 0.0283. The molecule has 0 amide bonds. The summed E-state index contributed by atoms with van der Waals surface area (Å²) in [5.74, 6) is -4.68. The van der Waals surface area contributed by atoms with Crippen LogP contribution < -0.4 is 4.74 Å². The van der Waals surface area contributed by atoms with Crippen molar-refractivity contribution in [1.29, 1.82) is 0 Å². The van der Waals surface area contributed by atoms with E-state index in [0.29, 0.717) is 6.42 Å². The Morgan fingerprint density at radius 1 is 1.09 bits per heavy atom. The third-order valence-electron chi connectivity index (χ3n) is 5.57. The Morgan fingerprint density at radius 3 is 2.35 bits per heavy atom. The first-order valence-electron chi connectivity index (χ1n) is 10.7. The van der Waals surface area contributed by atoms with Crippen molar-refractivity contribution < 1.29 is 36.2 Å². The zero-order valence-corrected chi connectivity index (χ0v) is 18.5. The number of halogens is 5. The van der Waals surface area contributed by atoms with Crippen molar-refractivity contribution in [3.63, 3.8) is 0 Å². The predicted octanol–water partition coefficient (Wildman–Crippen LogP) is 6.48. The summed E-state index contributed by atoms with van der Waals surface area (Å²) < 4.78 is 88.3. The first-order valence-corrected chi connectivity index (χ1v) is 10.7. The molecule has 0 radical (unpaired) electrons. The number of alkyl halides is 5. The summed E-state index contributed by atoms with van der Waals surface area (Å²) in [6, 6.07) is 8.39. The summed E-state index contributed by atoms with van der Waals surface area (Å²) >= 11 is 0. The molecule has 1 aromatic heterocycles. The first kappa shape index (κ1) is 24.2. The molecule has 2 unspecified atom stereocenters. The maximum absolute atomic E-state index is 14.2. The predicted molar refractivity (Wildman–Crippen MR) is 113 cm³/mol. The van der Waals surface area contributed by atoms with Gasteiger partial charge in [0, 0.05) is 30.4 Å². The molecule has 34 heavy (non-hydrogen) atoms. The van der Waals surface area contributed by atoms with Gasteiger partial charge in [0.25, 0.3) is 5.92 Å². The van der Waals surface area contributed by atoms with Crippen molar-refractivity contribution in [3.05, 3.63) is 77.9 Å². The summed E-state index contributed by atoms with van der Waals surface area (Å²) in [5.41, 5.74) is -1.38. The van der Waals surface area contributed by atoms with Gasteiger partial charge in [-0.2, -0.15) is 13.2 Å². The molecule has 1 saturated heterocycles. The lowest BCUT2D eigenvalue weighted by atomic mass is 9.97. The summed E-state index contributed by atoms with van der Waals surface area (Å²) in [7, 11) is 0. The van der Waals surface area contributed by atoms with Crippen molar-refractivity contribution in [2.75, 3.05) is 6.61 Å². The fourth-order valence-corrected chi connectivity index (χ4v) is 3.80. The fourth-order valence-electron chi connectivity index (χ4n) is 3.80. The Hall–Kier alpha value is -2.98. The minimum atomic E-state index is -4.73. The monoisotopic (exact) mass is 482 g/mol. The Morgan fingerprint density at radius 2 is 1.79 bits per heavy atom. The van der Waals surface area contributed by atoms with Crippen molar-refractivity contribution in [2.45, 2.75) is 50.8 Å². The van der Waals surface area contributed by atoms with Crippen LogP contribution in [0.2, 0.25) is 0 Å². The zero-order valence-electron chi connectivity index (χ0n) is 18.5. The van der Waals surface area contributed by atoms with E-state index in [-0.39, 0.29) is 41.9 Å². The number of ether oxygens (including phenoxy) is 3. The first-order chi connectivity index (χ1) is 16.0. The van der Waals surface area contributed by atoms with Crippen LogP contribution in [0.25, 0.3) is 0 Å². The second-order valence-corrected chi connectivity index (χ2v) is 8.17. The molecule has 1 aliphatic heterocycles. The standard InChI is InChI=1S/C24H23F5N2O3/c1-3-17-13-32-23(34-17,14-31-11-10-30-15-31)20-9-8-19(12-21(20)24(27,28)29)33-18-6-4-16(5-7-18)22(2,25)26/h4-12,15,17H,3,13-14H2,1-2H3. The zero-order chi connectivity index (χ0) is 24.6. The molecule has 10 heteroatoms. The smallest absolute Gasteiger partial charge is 0.417 e. The number of hydrogen-bond donors (Lipinski definition) is 0. The van der Waals surface area contributed by atoms with Crippen LogP contribution in [0.1, 0.15) is 37.0 Å². The van der Waals surface area contributed by atoms with Gasteiger partial charge in [0.05, 0.1) is 31.1 Å². The van der Waals surface area contributed by atoms with E-state index in [0.717, 1.165) is 13.0 Å². The summed E-state index contributed by atoms with van der Waals surface area (Å²) in [4.78, 5) is 3.94. The molecular weight excluding hydrogens is 459 g/mol. The van der Waals surface area contributed by atoms with Gasteiger partial charge in [0.2, 0.25) is 5.79 Å². The third kappa shape index (κ3) is 5.07. The van der Waals surface area contributed by atoms with Crippen LogP contribution in [-0.4, -0.2) is 22.3 Å². The highest BCUT2D eigenvalue weighted by Crippen LogP contribution is 2.45. The Labute approximate surface area is 193 Å². The van der Waals surface area contributed by atoms with E-state index < -0.39 is 23.4 Å². The maximum Gasteiger partial charge on any atom is 0.417 e. The molecule has 2 heterocycles. The van der Waals surface area contributed by atoms with Gasteiger partial charge >= 0.3 is 6.18 Å². The Kier molecular flexibility index (Phi) is 6.39. The number of hydrogen-bond acceptors (Lipinski definition) is 4. The van der Waals surface area contributed by atoms with Gasteiger partial charge in [-0.1, -0.05) is 6.92 Å². The van der Waals surface area contributed by atoms with E-state index in [9.17, 15) is 22.0 Å². The maximum atomic E-state index is 14.2. The molecule has 5 nitrogen and oxygen atoms in total. The molecule has 3 aromatic rings. The number of imidazole rings is 1. The lowest BCUT2D eigenvalue weighted by Crippen LogP contribution is -2.35. The summed E-state index contributed by atoms with van der Waals surface area (Å²) in [6.45, 7) is 2.74. The van der Waals surface area contributed by atoms with Crippen LogP contribution in [0.3, 0.4) is 0 Å². The Balaban J connectivity index is 1.70. The van der Waals surface area contributed by atoms with Gasteiger partial charge in [-0.3, -0.25) is 0 Å². The van der Waals surface area contributed by atoms with Gasteiger partial charge in [-0.05, 0) is 48.9 Å². The van der Waals surface area contributed by atoms with Gasteiger partial charge in [0.15, 0.2) is 0 Å². The van der Waals surface area contributed by atoms with E-state index in [2.05, 4.69) is 4.98 Å². The second kappa shape index (κ2) is 8.99. The molecule has 182 valence electrons. The molecule has 4 rings (SSSR count). The van der Waals surface area contributed by atoms with Crippen molar-refractivity contribution in [1.82, 2.24) is 9.55 Å². The quantitative estimate of drug-likeness (QED) is 0.362. The number of rotatable bonds is 7. The molecule has 0 aliphatic carbocycles. The van der Waals surface area contributed by atoms with Gasteiger partial charge < -0.3 is 18.8 Å². The number of benzene rings is 2. The minimum Gasteiger partial charge on any atom is -0.457 e. The van der Waals surface area contributed by atoms with E-state index in [1.165, 1.54) is 48.9 Å². The largest absolute Gasteiger partial charge is 0.457 e. The molecule has 0 spiro atoms. The summed E-state index contributed by atoms with van der Waals surface area (Å²) in [6.07, 6.45) is 0.0734. The van der Waals surface area contributed by atoms with Crippen LogP contribution in [0.15, 0.2) is 61.2 Å². The second-order valence-electron chi connectivity index (χ2n) is 8.17. The van der Waals surface area contributed by atoms with Crippen molar-refractivity contribution >= 4 is 0 Å². The molecular formula is C24H23F5N2O3. The third-order valence-corrected chi connectivity index (χ3v) is 5.57. The topological polar surface area (TPSA) is 45.5 Å². The molecule has 2 aromatic carbocycles. The van der Waals surface area contributed by atoms with Crippen molar-refractivity contribution in [3.8, 4) is 11.5 Å². The highest BCUT2D eigenvalue weighted by molar-refractivity contribution is 5.43. The lowest BCUT2D eigenvalue weighted by molar-refractivity contribution is -0.195. The molecule has 2 atom stereocenters. The lowest BCUT2D eigenvalue weighted by Gasteiger charge is -2.31. The average molecular weight is 482 g/mol. The number of nitrogens with zero attached hydrogens (tertiary/aromatic N) is 2. The van der Waals surface area contributed by atoms with Gasteiger partial charge in [-0.25, -0.2) is 13.8 Å². The van der Waals surface area contributed by atoms with Gasteiger partial charge in [0.1, 0.15) is 11.5 Å².